The van der Waals surface area contributed by atoms with Crippen LogP contribution in [0.25, 0.3) is 0 Å². The summed E-state index contributed by atoms with van der Waals surface area (Å²) in [6.45, 7) is 3.87. The summed E-state index contributed by atoms with van der Waals surface area (Å²) in [6, 6.07) is 7.93. The number of esters is 1. The average Bonchev–Trinajstić information content (AvgIpc) is 2.82. The van der Waals surface area contributed by atoms with Crippen LogP contribution in [-0.2, 0) is 4.74 Å². The maximum atomic E-state index is 11.7. The van der Waals surface area contributed by atoms with Crippen LogP contribution in [0.4, 0.5) is 0 Å². The third kappa shape index (κ3) is 2.91. The number of hydrogen-bond donors (Lipinski definition) is 0. The zero-order valence-electron chi connectivity index (χ0n) is 9.71. The van der Waals surface area contributed by atoms with Gasteiger partial charge in [-0.2, -0.15) is 0 Å². The van der Waals surface area contributed by atoms with Gasteiger partial charge in [0.15, 0.2) is 5.69 Å². The Labute approximate surface area is 104 Å². The van der Waals surface area contributed by atoms with E-state index in [4.69, 9.17) is 4.74 Å². The van der Waals surface area contributed by atoms with Crippen LogP contribution in [-0.4, -0.2) is 11.0 Å². The second kappa shape index (κ2) is 5.10. The van der Waals surface area contributed by atoms with Crippen molar-refractivity contribution in [3.8, 4) is 0 Å². The highest BCUT2D eigenvalue weighted by atomic mass is 32.1. The smallest absolute Gasteiger partial charge is 0.358 e. The molecule has 0 aliphatic carbocycles. The van der Waals surface area contributed by atoms with E-state index >= 15 is 0 Å². The molecule has 1 aromatic heterocycles. The normalized spacial score (nSPS) is 12.1. The number of nitrogens with zero attached hydrogens (tertiary/aromatic N) is 1. The highest BCUT2D eigenvalue weighted by Crippen LogP contribution is 2.19. The minimum absolute atomic E-state index is 0.260. The predicted molar refractivity (Wildman–Crippen MR) is 67.1 cm³/mol. The number of benzene rings is 1. The van der Waals surface area contributed by atoms with Gasteiger partial charge in [-0.05, 0) is 19.4 Å². The summed E-state index contributed by atoms with van der Waals surface area (Å²) in [4.78, 5) is 15.6. The number of aryl methyl sites for hydroxylation is 1. The molecule has 88 valence electrons. The van der Waals surface area contributed by atoms with Crippen molar-refractivity contribution in [2.24, 2.45) is 0 Å². The molecule has 0 bridgehead atoms. The number of ether oxygens (including phenoxy) is 1. The van der Waals surface area contributed by atoms with Crippen LogP contribution in [0, 0.1) is 6.92 Å². The largest absolute Gasteiger partial charge is 0.453 e. The molecule has 0 aliphatic rings. The molecule has 17 heavy (non-hydrogen) atoms. The van der Waals surface area contributed by atoms with Crippen LogP contribution in [0.15, 0.2) is 35.2 Å². The molecule has 2 rings (SSSR count). The Kier molecular flexibility index (Phi) is 3.54. The monoisotopic (exact) mass is 247 g/mol. The summed E-state index contributed by atoms with van der Waals surface area (Å²) in [7, 11) is 0. The first-order valence-electron chi connectivity index (χ1n) is 5.32. The summed E-state index contributed by atoms with van der Waals surface area (Å²) < 4.78 is 5.34. The van der Waals surface area contributed by atoms with Crippen LogP contribution in [0.2, 0.25) is 0 Å². The molecule has 0 saturated carbocycles. The van der Waals surface area contributed by atoms with E-state index in [-0.39, 0.29) is 12.1 Å². The van der Waals surface area contributed by atoms with E-state index in [0.717, 1.165) is 11.1 Å². The van der Waals surface area contributed by atoms with Crippen LogP contribution in [0.5, 0.6) is 0 Å². The minimum Gasteiger partial charge on any atom is -0.453 e. The molecular formula is C13H13NO2S. The van der Waals surface area contributed by atoms with Crippen molar-refractivity contribution in [2.75, 3.05) is 0 Å². The topological polar surface area (TPSA) is 39.2 Å². The van der Waals surface area contributed by atoms with Crippen molar-refractivity contribution in [3.05, 3.63) is 52.0 Å². The van der Waals surface area contributed by atoms with Gasteiger partial charge in [0.05, 0.1) is 5.51 Å². The van der Waals surface area contributed by atoms with E-state index in [2.05, 4.69) is 4.98 Å². The zero-order valence-corrected chi connectivity index (χ0v) is 10.5. The number of rotatable bonds is 3. The fourth-order valence-corrected chi connectivity index (χ4v) is 2.05. The Bertz CT molecular complexity index is 508. The van der Waals surface area contributed by atoms with Crippen molar-refractivity contribution in [3.63, 3.8) is 0 Å². The first-order chi connectivity index (χ1) is 8.16. The molecule has 1 heterocycles. The summed E-state index contributed by atoms with van der Waals surface area (Å²) in [5.41, 5.74) is 4.13. The highest BCUT2D eigenvalue weighted by Gasteiger charge is 2.14. The second-order valence-corrected chi connectivity index (χ2v) is 4.55. The molecule has 0 N–H and O–H groups in total. The molecule has 0 amide bonds. The molecular weight excluding hydrogens is 234 g/mol. The summed E-state index contributed by atoms with van der Waals surface area (Å²) in [5.74, 6) is -0.375. The van der Waals surface area contributed by atoms with Crippen molar-refractivity contribution >= 4 is 17.3 Å². The summed E-state index contributed by atoms with van der Waals surface area (Å²) in [5, 5.41) is 1.69. The maximum Gasteiger partial charge on any atom is 0.358 e. The van der Waals surface area contributed by atoms with E-state index in [1.165, 1.54) is 11.3 Å². The van der Waals surface area contributed by atoms with Gasteiger partial charge in [-0.1, -0.05) is 29.8 Å². The van der Waals surface area contributed by atoms with E-state index in [1.54, 1.807) is 10.9 Å². The van der Waals surface area contributed by atoms with Gasteiger partial charge in [-0.25, -0.2) is 9.78 Å². The molecule has 0 saturated heterocycles. The third-order valence-corrected chi connectivity index (χ3v) is 3.02. The number of carbonyl (C=O) groups is 1. The van der Waals surface area contributed by atoms with Crippen LogP contribution in [0.3, 0.4) is 0 Å². The number of hydrogen-bond acceptors (Lipinski definition) is 4. The Morgan fingerprint density at radius 1 is 1.47 bits per heavy atom. The number of thiazole rings is 1. The van der Waals surface area contributed by atoms with Gasteiger partial charge in [0.1, 0.15) is 6.10 Å². The van der Waals surface area contributed by atoms with E-state index in [9.17, 15) is 4.79 Å². The van der Waals surface area contributed by atoms with Crippen molar-refractivity contribution < 1.29 is 9.53 Å². The van der Waals surface area contributed by atoms with Crippen LogP contribution < -0.4 is 0 Å². The lowest BCUT2D eigenvalue weighted by atomic mass is 10.1. The Balaban J connectivity index is 2.07. The Morgan fingerprint density at radius 3 is 2.94 bits per heavy atom. The Hall–Kier alpha value is -1.68. The average molecular weight is 247 g/mol. The van der Waals surface area contributed by atoms with Gasteiger partial charge in [-0.15, -0.1) is 11.3 Å². The molecule has 4 heteroatoms. The third-order valence-electron chi connectivity index (χ3n) is 2.44. The summed E-state index contributed by atoms with van der Waals surface area (Å²) in [6.07, 6.45) is -0.260. The quantitative estimate of drug-likeness (QED) is 0.781. The lowest BCUT2D eigenvalue weighted by Gasteiger charge is -2.13. The Morgan fingerprint density at radius 2 is 2.29 bits per heavy atom. The van der Waals surface area contributed by atoms with E-state index < -0.39 is 0 Å². The maximum absolute atomic E-state index is 11.7. The number of carbonyl (C=O) groups excluding carboxylic acids is 1. The summed E-state index contributed by atoms with van der Waals surface area (Å²) >= 11 is 1.38. The van der Waals surface area contributed by atoms with Gasteiger partial charge in [-0.3, -0.25) is 0 Å². The van der Waals surface area contributed by atoms with E-state index in [1.807, 2.05) is 38.1 Å². The molecule has 0 spiro atoms. The zero-order chi connectivity index (χ0) is 12.3. The van der Waals surface area contributed by atoms with Crippen LogP contribution in [0.1, 0.15) is 34.6 Å². The SMILES string of the molecule is Cc1cccc([C@H](C)OC(=O)c2cscn2)c1. The predicted octanol–water partition coefficient (Wildman–Crippen LogP) is 3.37. The van der Waals surface area contributed by atoms with Gasteiger partial charge in [0, 0.05) is 5.38 Å². The van der Waals surface area contributed by atoms with Gasteiger partial charge in [0.25, 0.3) is 0 Å². The standard InChI is InChI=1S/C13H13NO2S/c1-9-4-3-5-11(6-9)10(2)16-13(15)12-7-17-8-14-12/h3-8,10H,1-2H3/t10-/m0/s1. The van der Waals surface area contributed by atoms with Gasteiger partial charge in [0.2, 0.25) is 0 Å². The lowest BCUT2D eigenvalue weighted by Crippen LogP contribution is -2.09. The van der Waals surface area contributed by atoms with Gasteiger partial charge >= 0.3 is 5.97 Å². The molecule has 0 aliphatic heterocycles. The van der Waals surface area contributed by atoms with Crippen molar-refractivity contribution in [1.82, 2.24) is 4.98 Å². The highest BCUT2D eigenvalue weighted by molar-refractivity contribution is 7.07. The van der Waals surface area contributed by atoms with Crippen LogP contribution >= 0.6 is 11.3 Å². The molecule has 3 nitrogen and oxygen atoms in total. The second-order valence-electron chi connectivity index (χ2n) is 3.84. The first-order valence-corrected chi connectivity index (χ1v) is 6.27. The molecule has 2 aromatic rings. The van der Waals surface area contributed by atoms with E-state index in [0.29, 0.717) is 5.69 Å². The lowest BCUT2D eigenvalue weighted by molar-refractivity contribution is 0.0331. The van der Waals surface area contributed by atoms with Gasteiger partial charge < -0.3 is 4.74 Å². The fourth-order valence-electron chi connectivity index (χ4n) is 1.53. The first kappa shape index (κ1) is 11.8. The molecule has 0 fully saturated rings. The number of aromatic nitrogens is 1. The van der Waals surface area contributed by atoms with Crippen molar-refractivity contribution in [1.29, 1.82) is 0 Å². The van der Waals surface area contributed by atoms with Crippen molar-refractivity contribution in [2.45, 2.75) is 20.0 Å². The fraction of sp³-hybridized carbons (Fsp3) is 0.231. The molecule has 1 aromatic carbocycles. The minimum atomic E-state index is -0.375. The molecule has 0 radical (unpaired) electrons. The molecule has 0 unspecified atom stereocenters. The molecule has 1 atom stereocenters.